The third-order valence-corrected chi connectivity index (χ3v) is 4.50. The Morgan fingerprint density at radius 1 is 0.935 bits per heavy atom. The molecule has 1 amide bonds. The van der Waals surface area contributed by atoms with Crippen LogP contribution >= 0.6 is 23.2 Å². The second-order valence-corrected chi connectivity index (χ2v) is 7.29. The van der Waals surface area contributed by atoms with E-state index in [2.05, 4.69) is 10.5 Å². The second-order valence-electron chi connectivity index (χ2n) is 6.42. The molecule has 0 heterocycles. The Labute approximate surface area is 189 Å². The number of hydrogen-bond donors (Lipinski definition) is 1. The van der Waals surface area contributed by atoms with Crippen LogP contribution < -0.4 is 14.9 Å². The molecule has 158 valence electrons. The molecule has 0 spiro atoms. The predicted octanol–water partition coefficient (Wildman–Crippen LogP) is 5.13. The molecule has 0 aliphatic heterocycles. The van der Waals surface area contributed by atoms with E-state index in [4.69, 9.17) is 32.7 Å². The summed E-state index contributed by atoms with van der Waals surface area (Å²) >= 11 is 11.7. The maximum absolute atomic E-state index is 12.2. The Morgan fingerprint density at radius 2 is 1.65 bits per heavy atom. The van der Waals surface area contributed by atoms with E-state index in [1.807, 2.05) is 0 Å². The van der Waals surface area contributed by atoms with Crippen molar-refractivity contribution < 1.29 is 19.1 Å². The minimum Gasteiger partial charge on any atom is -0.481 e. The number of hydrogen-bond acceptors (Lipinski definition) is 5. The molecule has 0 bridgehead atoms. The summed E-state index contributed by atoms with van der Waals surface area (Å²) in [6.07, 6.45) is 0.658. The highest BCUT2D eigenvalue weighted by molar-refractivity contribution is 6.31. The SMILES string of the molecule is CC(Oc1cccc(Cl)c1)C(=O)NN=Cc1cccc(OC(=O)c2ccc(Cl)cc2)c1. The van der Waals surface area contributed by atoms with E-state index in [1.54, 1.807) is 79.7 Å². The number of rotatable bonds is 7. The monoisotopic (exact) mass is 456 g/mol. The summed E-state index contributed by atoms with van der Waals surface area (Å²) in [5, 5.41) is 4.97. The molecule has 3 aromatic carbocycles. The lowest BCUT2D eigenvalue weighted by Gasteiger charge is -2.12. The average Bonchev–Trinajstić information content (AvgIpc) is 2.74. The van der Waals surface area contributed by atoms with Gasteiger partial charge in [0.1, 0.15) is 11.5 Å². The van der Waals surface area contributed by atoms with E-state index in [0.717, 1.165) is 0 Å². The van der Waals surface area contributed by atoms with Gasteiger partial charge in [-0.25, -0.2) is 10.2 Å². The number of carbonyl (C=O) groups excluding carboxylic acids is 2. The number of esters is 1. The Hall–Kier alpha value is -3.35. The number of nitrogens with one attached hydrogen (secondary N) is 1. The maximum atomic E-state index is 12.2. The number of ether oxygens (including phenoxy) is 2. The third-order valence-electron chi connectivity index (χ3n) is 4.02. The molecule has 0 aliphatic carbocycles. The number of carbonyl (C=O) groups is 2. The van der Waals surface area contributed by atoms with Crippen molar-refractivity contribution >= 4 is 41.3 Å². The molecule has 8 heteroatoms. The highest BCUT2D eigenvalue weighted by atomic mass is 35.5. The fourth-order valence-electron chi connectivity index (χ4n) is 2.47. The molecule has 6 nitrogen and oxygen atoms in total. The summed E-state index contributed by atoms with van der Waals surface area (Å²) in [7, 11) is 0. The Bertz CT molecular complexity index is 1100. The highest BCUT2D eigenvalue weighted by Gasteiger charge is 2.14. The first-order valence-corrected chi connectivity index (χ1v) is 9.99. The average molecular weight is 457 g/mol. The molecular formula is C23H18Cl2N2O4. The molecule has 31 heavy (non-hydrogen) atoms. The van der Waals surface area contributed by atoms with Gasteiger partial charge in [0.15, 0.2) is 6.10 Å². The van der Waals surface area contributed by atoms with Gasteiger partial charge in [0.25, 0.3) is 5.91 Å². The Balaban J connectivity index is 1.55. The van der Waals surface area contributed by atoms with Crippen LogP contribution in [-0.4, -0.2) is 24.2 Å². The van der Waals surface area contributed by atoms with Crippen molar-refractivity contribution in [1.29, 1.82) is 0 Å². The zero-order valence-electron chi connectivity index (χ0n) is 16.4. The molecule has 1 N–H and O–H groups in total. The van der Waals surface area contributed by atoms with Crippen LogP contribution in [0.25, 0.3) is 0 Å². The molecule has 0 aromatic heterocycles. The van der Waals surface area contributed by atoms with Gasteiger partial charge >= 0.3 is 5.97 Å². The molecule has 1 atom stereocenters. The van der Waals surface area contributed by atoms with Gasteiger partial charge in [0.05, 0.1) is 11.8 Å². The van der Waals surface area contributed by atoms with E-state index >= 15 is 0 Å². The topological polar surface area (TPSA) is 77.0 Å². The molecule has 0 fully saturated rings. The summed E-state index contributed by atoms with van der Waals surface area (Å²) in [6, 6.07) is 19.9. The van der Waals surface area contributed by atoms with Crippen LogP contribution in [0.5, 0.6) is 11.5 Å². The maximum Gasteiger partial charge on any atom is 0.343 e. The number of hydrazone groups is 1. The van der Waals surface area contributed by atoms with Gasteiger partial charge in [-0.1, -0.05) is 41.4 Å². The van der Waals surface area contributed by atoms with Crippen molar-refractivity contribution in [2.24, 2.45) is 5.10 Å². The second kappa shape index (κ2) is 10.6. The third kappa shape index (κ3) is 6.84. The molecule has 0 saturated carbocycles. The van der Waals surface area contributed by atoms with Crippen LogP contribution in [0.3, 0.4) is 0 Å². The fraction of sp³-hybridized carbons (Fsp3) is 0.0870. The number of amides is 1. The summed E-state index contributed by atoms with van der Waals surface area (Å²) in [6.45, 7) is 1.60. The minimum absolute atomic E-state index is 0.341. The van der Waals surface area contributed by atoms with Crippen LogP contribution in [0.15, 0.2) is 77.9 Å². The lowest BCUT2D eigenvalue weighted by atomic mass is 10.2. The van der Waals surface area contributed by atoms with E-state index < -0.39 is 18.0 Å². The largest absolute Gasteiger partial charge is 0.481 e. The quantitative estimate of drug-likeness (QED) is 0.231. The molecule has 0 radical (unpaired) electrons. The van der Waals surface area contributed by atoms with Gasteiger partial charge in [-0.2, -0.15) is 5.10 Å². The molecule has 3 aromatic rings. The summed E-state index contributed by atoms with van der Waals surface area (Å²) < 4.78 is 10.9. The van der Waals surface area contributed by atoms with Gasteiger partial charge in [0.2, 0.25) is 0 Å². The van der Waals surface area contributed by atoms with Gasteiger partial charge < -0.3 is 9.47 Å². The van der Waals surface area contributed by atoms with Crippen LogP contribution in [0, 0.1) is 0 Å². The van der Waals surface area contributed by atoms with Crippen molar-refractivity contribution in [3.63, 3.8) is 0 Å². The van der Waals surface area contributed by atoms with Crippen LogP contribution in [0.2, 0.25) is 10.0 Å². The van der Waals surface area contributed by atoms with Crippen LogP contribution in [-0.2, 0) is 4.79 Å². The normalized spacial score (nSPS) is 11.7. The number of benzene rings is 3. The van der Waals surface area contributed by atoms with E-state index in [-0.39, 0.29) is 0 Å². The molecule has 0 aliphatic rings. The lowest BCUT2D eigenvalue weighted by molar-refractivity contribution is -0.127. The fourth-order valence-corrected chi connectivity index (χ4v) is 2.78. The Kier molecular flexibility index (Phi) is 7.65. The number of halogens is 2. The van der Waals surface area contributed by atoms with Crippen molar-refractivity contribution in [2.75, 3.05) is 0 Å². The lowest BCUT2D eigenvalue weighted by Crippen LogP contribution is -2.33. The first-order valence-electron chi connectivity index (χ1n) is 9.23. The van der Waals surface area contributed by atoms with Crippen LogP contribution in [0.1, 0.15) is 22.8 Å². The number of nitrogens with zero attached hydrogens (tertiary/aromatic N) is 1. The minimum atomic E-state index is -0.776. The molecular weight excluding hydrogens is 439 g/mol. The Morgan fingerprint density at radius 3 is 2.39 bits per heavy atom. The van der Waals surface area contributed by atoms with Crippen molar-refractivity contribution in [1.82, 2.24) is 5.43 Å². The summed E-state index contributed by atoms with van der Waals surface area (Å²) in [4.78, 5) is 24.4. The van der Waals surface area contributed by atoms with E-state index in [0.29, 0.717) is 32.7 Å². The van der Waals surface area contributed by atoms with Crippen molar-refractivity contribution in [3.8, 4) is 11.5 Å². The van der Waals surface area contributed by atoms with Gasteiger partial charge in [-0.15, -0.1) is 0 Å². The zero-order chi connectivity index (χ0) is 22.2. The highest BCUT2D eigenvalue weighted by Crippen LogP contribution is 2.18. The van der Waals surface area contributed by atoms with Crippen molar-refractivity contribution in [2.45, 2.75) is 13.0 Å². The van der Waals surface area contributed by atoms with Gasteiger partial charge in [0, 0.05) is 10.0 Å². The summed E-state index contributed by atoms with van der Waals surface area (Å²) in [5.74, 6) is -0.116. The molecule has 1 unspecified atom stereocenters. The smallest absolute Gasteiger partial charge is 0.343 e. The van der Waals surface area contributed by atoms with Gasteiger partial charge in [-0.3, -0.25) is 4.79 Å². The summed E-state index contributed by atoms with van der Waals surface area (Å²) in [5.41, 5.74) is 3.42. The first-order chi connectivity index (χ1) is 14.9. The molecule has 3 rings (SSSR count). The predicted molar refractivity (Wildman–Crippen MR) is 120 cm³/mol. The zero-order valence-corrected chi connectivity index (χ0v) is 17.9. The standard InChI is InChI=1S/C23H18Cl2N2O4/c1-15(30-21-7-3-5-19(25)13-21)22(28)27-26-14-16-4-2-6-20(12-16)31-23(29)17-8-10-18(24)11-9-17/h2-15H,1H3,(H,27,28). The van der Waals surface area contributed by atoms with Crippen LogP contribution in [0.4, 0.5) is 0 Å². The van der Waals surface area contributed by atoms with Crippen molar-refractivity contribution in [3.05, 3.63) is 94.0 Å². The van der Waals surface area contributed by atoms with E-state index in [1.165, 1.54) is 6.21 Å². The first kappa shape index (κ1) is 22.3. The molecule has 0 saturated heterocycles. The van der Waals surface area contributed by atoms with Gasteiger partial charge in [-0.05, 0) is 67.1 Å². The van der Waals surface area contributed by atoms with E-state index in [9.17, 15) is 9.59 Å².